The monoisotopic (exact) mass is 276 g/mol. The molecule has 0 heterocycles. The van der Waals surface area contributed by atoms with E-state index in [-0.39, 0.29) is 5.92 Å². The van der Waals surface area contributed by atoms with Gasteiger partial charge in [0.15, 0.2) is 0 Å². The molecule has 110 valence electrons. The zero-order valence-corrected chi connectivity index (χ0v) is 12.7. The maximum atomic E-state index is 10.9. The van der Waals surface area contributed by atoms with Crippen LogP contribution in [-0.4, -0.2) is 18.2 Å². The quantitative estimate of drug-likeness (QED) is 0.861. The first-order chi connectivity index (χ1) is 9.43. The van der Waals surface area contributed by atoms with E-state index in [4.69, 9.17) is 9.84 Å². The Morgan fingerprint density at radius 2 is 2.10 bits per heavy atom. The molecule has 0 radical (unpaired) electrons. The van der Waals surface area contributed by atoms with Crippen LogP contribution in [0.2, 0.25) is 0 Å². The summed E-state index contributed by atoms with van der Waals surface area (Å²) in [5, 5.41) is 9.01. The Balaban J connectivity index is 2.06. The van der Waals surface area contributed by atoms with Gasteiger partial charge in [-0.3, -0.25) is 4.79 Å². The number of hydrogen-bond acceptors (Lipinski definition) is 2. The second-order valence-corrected chi connectivity index (χ2v) is 6.26. The van der Waals surface area contributed by atoms with Gasteiger partial charge in [0.2, 0.25) is 0 Å². The number of aliphatic carboxylic acids is 1. The van der Waals surface area contributed by atoms with Crippen molar-refractivity contribution in [3.63, 3.8) is 0 Å². The molecule has 1 aromatic carbocycles. The summed E-state index contributed by atoms with van der Waals surface area (Å²) in [5.41, 5.74) is 2.50. The van der Waals surface area contributed by atoms with Crippen molar-refractivity contribution in [3.8, 4) is 5.75 Å². The van der Waals surface area contributed by atoms with Gasteiger partial charge in [-0.25, -0.2) is 0 Å². The fourth-order valence-electron chi connectivity index (χ4n) is 3.01. The molecule has 1 aliphatic carbocycles. The largest absolute Gasteiger partial charge is 0.496 e. The van der Waals surface area contributed by atoms with Crippen molar-refractivity contribution in [1.29, 1.82) is 0 Å². The molecule has 20 heavy (non-hydrogen) atoms. The zero-order chi connectivity index (χ0) is 14.9. The summed E-state index contributed by atoms with van der Waals surface area (Å²) in [5.74, 6) is 1.37. The molecule has 0 bridgehead atoms. The minimum Gasteiger partial charge on any atom is -0.496 e. The second-order valence-electron chi connectivity index (χ2n) is 6.26. The van der Waals surface area contributed by atoms with Crippen molar-refractivity contribution in [2.75, 3.05) is 7.11 Å². The van der Waals surface area contributed by atoms with Crippen molar-refractivity contribution < 1.29 is 14.6 Å². The number of carbonyl (C=O) groups is 1. The molecule has 3 unspecified atom stereocenters. The Labute approximate surface area is 121 Å². The third-order valence-electron chi connectivity index (χ3n) is 4.36. The van der Waals surface area contributed by atoms with E-state index in [1.54, 1.807) is 7.11 Å². The van der Waals surface area contributed by atoms with Crippen LogP contribution in [0.4, 0.5) is 0 Å². The minimum absolute atomic E-state index is 0.118. The summed E-state index contributed by atoms with van der Waals surface area (Å²) in [6, 6.07) is 6.33. The van der Waals surface area contributed by atoms with Crippen molar-refractivity contribution in [2.45, 2.75) is 39.5 Å². The number of ether oxygens (including phenoxy) is 1. The molecule has 2 rings (SSSR count). The normalized spacial score (nSPS) is 22.6. The molecule has 1 N–H and O–H groups in total. The molecular weight excluding hydrogens is 252 g/mol. The van der Waals surface area contributed by atoms with Gasteiger partial charge in [-0.1, -0.05) is 32.9 Å². The fraction of sp³-hybridized carbons (Fsp3) is 0.588. The number of carboxylic acids is 1. The fourth-order valence-corrected chi connectivity index (χ4v) is 3.01. The van der Waals surface area contributed by atoms with Gasteiger partial charge in [-0.05, 0) is 47.8 Å². The van der Waals surface area contributed by atoms with E-state index in [1.807, 2.05) is 6.07 Å². The summed E-state index contributed by atoms with van der Waals surface area (Å²) in [6.45, 7) is 6.48. The third kappa shape index (κ3) is 3.14. The highest BCUT2D eigenvalue weighted by Crippen LogP contribution is 2.45. The molecule has 0 aliphatic heterocycles. The Kier molecular flexibility index (Phi) is 4.36. The molecule has 1 saturated carbocycles. The standard InChI is InChI=1S/C17H24O3/c1-10(2)13-8-12(5-6-16(13)20-4)7-11(3)14-9-15(14)17(18)19/h5-6,8,10-11,14-15H,7,9H2,1-4H3,(H,18,19). The van der Waals surface area contributed by atoms with Gasteiger partial charge in [0, 0.05) is 0 Å². The minimum atomic E-state index is -0.639. The molecule has 0 saturated heterocycles. The summed E-state index contributed by atoms with van der Waals surface area (Å²) in [7, 11) is 1.70. The maximum absolute atomic E-state index is 10.9. The lowest BCUT2D eigenvalue weighted by Gasteiger charge is -2.16. The number of hydrogen-bond donors (Lipinski definition) is 1. The molecular formula is C17H24O3. The Hall–Kier alpha value is -1.51. The van der Waals surface area contributed by atoms with Crippen LogP contribution in [-0.2, 0) is 11.2 Å². The smallest absolute Gasteiger partial charge is 0.306 e. The van der Waals surface area contributed by atoms with Gasteiger partial charge in [0.25, 0.3) is 0 Å². The van der Waals surface area contributed by atoms with Gasteiger partial charge >= 0.3 is 5.97 Å². The first kappa shape index (κ1) is 14.9. The SMILES string of the molecule is COc1ccc(CC(C)C2CC2C(=O)O)cc1C(C)C. The lowest BCUT2D eigenvalue weighted by molar-refractivity contribution is -0.139. The molecule has 0 aromatic heterocycles. The van der Waals surface area contributed by atoms with Gasteiger partial charge in [-0.15, -0.1) is 0 Å². The van der Waals surface area contributed by atoms with Crippen molar-refractivity contribution in [1.82, 2.24) is 0 Å². The Morgan fingerprint density at radius 1 is 1.40 bits per heavy atom. The number of rotatable bonds is 6. The van der Waals surface area contributed by atoms with Crippen LogP contribution in [0.3, 0.4) is 0 Å². The van der Waals surface area contributed by atoms with E-state index in [2.05, 4.69) is 32.9 Å². The summed E-state index contributed by atoms with van der Waals surface area (Å²) >= 11 is 0. The Bertz CT molecular complexity index is 493. The van der Waals surface area contributed by atoms with E-state index in [1.165, 1.54) is 11.1 Å². The zero-order valence-electron chi connectivity index (χ0n) is 12.7. The van der Waals surface area contributed by atoms with E-state index < -0.39 is 5.97 Å². The Morgan fingerprint density at radius 3 is 2.60 bits per heavy atom. The van der Waals surface area contributed by atoms with Crippen LogP contribution < -0.4 is 4.74 Å². The highest BCUT2D eigenvalue weighted by atomic mass is 16.5. The number of methoxy groups -OCH3 is 1. The van der Waals surface area contributed by atoms with E-state index in [0.29, 0.717) is 17.8 Å². The first-order valence-electron chi connectivity index (χ1n) is 7.33. The first-order valence-corrected chi connectivity index (χ1v) is 7.33. The van der Waals surface area contributed by atoms with Crippen LogP contribution in [0.25, 0.3) is 0 Å². The molecule has 3 nitrogen and oxygen atoms in total. The molecule has 1 aliphatic rings. The van der Waals surface area contributed by atoms with Gasteiger partial charge in [0.1, 0.15) is 5.75 Å². The molecule has 1 aromatic rings. The van der Waals surface area contributed by atoms with E-state index >= 15 is 0 Å². The van der Waals surface area contributed by atoms with Gasteiger partial charge in [0.05, 0.1) is 13.0 Å². The number of benzene rings is 1. The maximum Gasteiger partial charge on any atom is 0.306 e. The average Bonchev–Trinajstić information content (AvgIpc) is 3.18. The van der Waals surface area contributed by atoms with Crippen molar-refractivity contribution >= 4 is 5.97 Å². The molecule has 1 fully saturated rings. The molecule has 3 heteroatoms. The number of carboxylic acid groups (broad SMARTS) is 1. The lowest BCUT2D eigenvalue weighted by atomic mass is 9.92. The average molecular weight is 276 g/mol. The molecule has 0 amide bonds. The van der Waals surface area contributed by atoms with Crippen molar-refractivity contribution in [2.24, 2.45) is 17.8 Å². The van der Waals surface area contributed by atoms with Crippen LogP contribution in [0, 0.1) is 17.8 Å². The lowest BCUT2D eigenvalue weighted by Crippen LogP contribution is -2.08. The highest BCUT2D eigenvalue weighted by Gasteiger charge is 2.46. The second kappa shape index (κ2) is 5.86. The van der Waals surface area contributed by atoms with Gasteiger partial charge < -0.3 is 9.84 Å². The van der Waals surface area contributed by atoms with Crippen LogP contribution >= 0.6 is 0 Å². The predicted octanol–water partition coefficient (Wildman–Crippen LogP) is 3.72. The summed E-state index contributed by atoms with van der Waals surface area (Å²) < 4.78 is 5.40. The topological polar surface area (TPSA) is 46.5 Å². The van der Waals surface area contributed by atoms with Crippen LogP contribution in [0.1, 0.15) is 44.2 Å². The van der Waals surface area contributed by atoms with Crippen molar-refractivity contribution in [3.05, 3.63) is 29.3 Å². The van der Waals surface area contributed by atoms with E-state index in [9.17, 15) is 4.79 Å². The molecule has 3 atom stereocenters. The summed E-state index contributed by atoms with van der Waals surface area (Å²) in [4.78, 5) is 10.9. The predicted molar refractivity (Wildman–Crippen MR) is 79.2 cm³/mol. The van der Waals surface area contributed by atoms with Crippen LogP contribution in [0.5, 0.6) is 5.75 Å². The summed E-state index contributed by atoms with van der Waals surface area (Å²) in [6.07, 6.45) is 1.78. The van der Waals surface area contributed by atoms with Crippen LogP contribution in [0.15, 0.2) is 18.2 Å². The van der Waals surface area contributed by atoms with Gasteiger partial charge in [-0.2, -0.15) is 0 Å². The third-order valence-corrected chi connectivity index (χ3v) is 4.36. The van der Waals surface area contributed by atoms with E-state index in [0.717, 1.165) is 18.6 Å². The highest BCUT2D eigenvalue weighted by molar-refractivity contribution is 5.73. The molecule has 0 spiro atoms.